The predicted octanol–water partition coefficient (Wildman–Crippen LogP) is 4.98. The van der Waals surface area contributed by atoms with Crippen molar-refractivity contribution in [2.45, 2.75) is 40.0 Å². The van der Waals surface area contributed by atoms with E-state index in [0.29, 0.717) is 29.7 Å². The van der Waals surface area contributed by atoms with Crippen LogP contribution in [0.25, 0.3) is 10.9 Å². The Morgan fingerprint density at radius 1 is 1.00 bits per heavy atom. The molecule has 1 aromatic heterocycles. The highest BCUT2D eigenvalue weighted by atomic mass is 35.5. The van der Waals surface area contributed by atoms with Crippen molar-refractivity contribution in [2.24, 2.45) is 0 Å². The SMILES string of the molecule is CCOc1cc2nc(C(C)(C)C)cc(Cl)c2cc1OCC. The number of pyridine rings is 1. The van der Waals surface area contributed by atoms with Crippen LogP contribution >= 0.6 is 11.6 Å². The van der Waals surface area contributed by atoms with E-state index in [2.05, 4.69) is 20.8 Å². The van der Waals surface area contributed by atoms with Crippen LogP contribution in [0.2, 0.25) is 5.02 Å². The van der Waals surface area contributed by atoms with E-state index in [-0.39, 0.29) is 5.41 Å². The van der Waals surface area contributed by atoms with Crippen LogP contribution < -0.4 is 9.47 Å². The number of hydrogen-bond acceptors (Lipinski definition) is 3. The summed E-state index contributed by atoms with van der Waals surface area (Å²) in [6.45, 7) is 11.4. The lowest BCUT2D eigenvalue weighted by atomic mass is 9.91. The molecule has 0 aliphatic rings. The molecular formula is C17H22ClNO2. The molecule has 0 saturated carbocycles. The van der Waals surface area contributed by atoms with Crippen LogP contribution in [0.5, 0.6) is 11.5 Å². The summed E-state index contributed by atoms with van der Waals surface area (Å²) in [5.74, 6) is 1.42. The first-order valence-corrected chi connectivity index (χ1v) is 7.65. The maximum Gasteiger partial charge on any atom is 0.163 e. The van der Waals surface area contributed by atoms with Crippen molar-refractivity contribution in [1.82, 2.24) is 4.98 Å². The molecule has 2 aromatic rings. The van der Waals surface area contributed by atoms with E-state index in [1.807, 2.05) is 32.0 Å². The topological polar surface area (TPSA) is 31.4 Å². The summed E-state index contributed by atoms with van der Waals surface area (Å²) >= 11 is 6.43. The summed E-state index contributed by atoms with van der Waals surface area (Å²) in [7, 11) is 0. The molecule has 0 saturated heterocycles. The van der Waals surface area contributed by atoms with Gasteiger partial charge in [0.1, 0.15) is 0 Å². The fourth-order valence-electron chi connectivity index (χ4n) is 2.11. The third-order valence-electron chi connectivity index (χ3n) is 3.19. The highest BCUT2D eigenvalue weighted by molar-refractivity contribution is 6.35. The van der Waals surface area contributed by atoms with Crippen molar-refractivity contribution >= 4 is 22.5 Å². The molecule has 0 unspecified atom stereocenters. The molecule has 2 rings (SSSR count). The lowest BCUT2D eigenvalue weighted by molar-refractivity contribution is 0.288. The Balaban J connectivity index is 2.66. The maximum absolute atomic E-state index is 6.43. The number of halogens is 1. The van der Waals surface area contributed by atoms with Gasteiger partial charge in [-0.2, -0.15) is 0 Å². The van der Waals surface area contributed by atoms with E-state index in [0.717, 1.165) is 16.6 Å². The van der Waals surface area contributed by atoms with Crippen LogP contribution in [0.1, 0.15) is 40.3 Å². The number of benzene rings is 1. The van der Waals surface area contributed by atoms with Gasteiger partial charge in [-0.1, -0.05) is 32.4 Å². The first kappa shape index (κ1) is 15.9. The zero-order chi connectivity index (χ0) is 15.6. The fourth-order valence-corrected chi connectivity index (χ4v) is 2.37. The molecule has 0 fully saturated rings. The standard InChI is InChI=1S/C17H22ClNO2/c1-6-20-14-8-11-12(18)9-16(17(3,4)5)19-13(11)10-15(14)21-7-2/h8-10H,6-7H2,1-5H3. The number of fused-ring (bicyclic) bond motifs is 1. The van der Waals surface area contributed by atoms with Crippen molar-refractivity contribution in [3.63, 3.8) is 0 Å². The Kier molecular flexibility index (Phi) is 4.62. The van der Waals surface area contributed by atoms with E-state index in [4.69, 9.17) is 26.1 Å². The minimum atomic E-state index is -0.0534. The largest absolute Gasteiger partial charge is 0.490 e. The van der Waals surface area contributed by atoms with E-state index >= 15 is 0 Å². The summed E-state index contributed by atoms with van der Waals surface area (Å²) in [6.07, 6.45) is 0. The monoisotopic (exact) mass is 307 g/mol. The molecule has 0 N–H and O–H groups in total. The van der Waals surface area contributed by atoms with Crippen molar-refractivity contribution < 1.29 is 9.47 Å². The number of ether oxygens (including phenoxy) is 2. The Morgan fingerprint density at radius 3 is 2.10 bits per heavy atom. The van der Waals surface area contributed by atoms with Gasteiger partial charge < -0.3 is 9.47 Å². The van der Waals surface area contributed by atoms with E-state index < -0.39 is 0 Å². The van der Waals surface area contributed by atoms with Gasteiger partial charge in [0.2, 0.25) is 0 Å². The first-order chi connectivity index (χ1) is 9.86. The second kappa shape index (κ2) is 6.10. The van der Waals surface area contributed by atoms with Crippen LogP contribution in [0, 0.1) is 0 Å². The van der Waals surface area contributed by atoms with Gasteiger partial charge in [-0.25, -0.2) is 0 Å². The van der Waals surface area contributed by atoms with E-state index in [1.54, 1.807) is 0 Å². The van der Waals surface area contributed by atoms with Crippen LogP contribution in [0.15, 0.2) is 18.2 Å². The summed E-state index contributed by atoms with van der Waals surface area (Å²) in [5.41, 5.74) is 1.74. The molecule has 0 atom stereocenters. The van der Waals surface area contributed by atoms with Gasteiger partial charge in [-0.15, -0.1) is 0 Å². The van der Waals surface area contributed by atoms with Crippen molar-refractivity contribution in [3.8, 4) is 11.5 Å². The van der Waals surface area contributed by atoms with E-state index in [1.165, 1.54) is 0 Å². The molecular weight excluding hydrogens is 286 g/mol. The molecule has 1 heterocycles. The van der Waals surface area contributed by atoms with Gasteiger partial charge in [0, 0.05) is 22.6 Å². The van der Waals surface area contributed by atoms with Gasteiger partial charge in [-0.05, 0) is 26.0 Å². The predicted molar refractivity (Wildman–Crippen MR) is 87.8 cm³/mol. The Bertz CT molecular complexity index is 647. The van der Waals surface area contributed by atoms with Crippen LogP contribution in [0.3, 0.4) is 0 Å². The molecule has 1 aromatic carbocycles. The second-order valence-corrected chi connectivity index (χ2v) is 6.33. The molecule has 4 heteroatoms. The molecule has 21 heavy (non-hydrogen) atoms. The molecule has 0 bridgehead atoms. The summed E-state index contributed by atoms with van der Waals surface area (Å²) in [5, 5.41) is 1.57. The van der Waals surface area contributed by atoms with Gasteiger partial charge >= 0.3 is 0 Å². The van der Waals surface area contributed by atoms with E-state index in [9.17, 15) is 0 Å². The average molecular weight is 308 g/mol. The lowest BCUT2D eigenvalue weighted by Crippen LogP contribution is -2.13. The number of hydrogen-bond donors (Lipinski definition) is 0. The Hall–Kier alpha value is -1.48. The van der Waals surface area contributed by atoms with Gasteiger partial charge in [-0.3, -0.25) is 4.98 Å². The quantitative estimate of drug-likeness (QED) is 0.798. The summed E-state index contributed by atoms with van der Waals surface area (Å²) in [4.78, 5) is 4.73. The second-order valence-electron chi connectivity index (χ2n) is 5.92. The average Bonchev–Trinajstić information content (AvgIpc) is 2.39. The molecule has 0 aliphatic carbocycles. The number of aromatic nitrogens is 1. The molecule has 114 valence electrons. The molecule has 0 aliphatic heterocycles. The smallest absolute Gasteiger partial charge is 0.163 e. The number of rotatable bonds is 4. The van der Waals surface area contributed by atoms with Gasteiger partial charge in [0.15, 0.2) is 11.5 Å². The molecule has 3 nitrogen and oxygen atoms in total. The third kappa shape index (κ3) is 3.41. The minimum Gasteiger partial charge on any atom is -0.490 e. The van der Waals surface area contributed by atoms with Gasteiger partial charge in [0.25, 0.3) is 0 Å². The maximum atomic E-state index is 6.43. The Labute approximate surface area is 131 Å². The third-order valence-corrected chi connectivity index (χ3v) is 3.50. The van der Waals surface area contributed by atoms with Crippen LogP contribution in [0.4, 0.5) is 0 Å². The number of nitrogens with zero attached hydrogens (tertiary/aromatic N) is 1. The first-order valence-electron chi connectivity index (χ1n) is 7.27. The zero-order valence-electron chi connectivity index (χ0n) is 13.3. The summed E-state index contributed by atoms with van der Waals surface area (Å²) < 4.78 is 11.3. The van der Waals surface area contributed by atoms with Gasteiger partial charge in [0.05, 0.1) is 23.8 Å². The zero-order valence-corrected chi connectivity index (χ0v) is 14.0. The fraction of sp³-hybridized carbons (Fsp3) is 0.471. The summed E-state index contributed by atoms with van der Waals surface area (Å²) in [6, 6.07) is 5.75. The van der Waals surface area contributed by atoms with Crippen molar-refractivity contribution in [2.75, 3.05) is 13.2 Å². The van der Waals surface area contributed by atoms with Crippen LogP contribution in [-0.2, 0) is 5.41 Å². The molecule has 0 amide bonds. The highest BCUT2D eigenvalue weighted by Crippen LogP contribution is 2.36. The van der Waals surface area contributed by atoms with Crippen molar-refractivity contribution in [1.29, 1.82) is 0 Å². The Morgan fingerprint density at radius 2 is 1.57 bits per heavy atom. The highest BCUT2D eigenvalue weighted by Gasteiger charge is 2.19. The molecule has 0 spiro atoms. The normalized spacial score (nSPS) is 11.7. The van der Waals surface area contributed by atoms with Crippen molar-refractivity contribution in [3.05, 3.63) is 28.9 Å². The lowest BCUT2D eigenvalue weighted by Gasteiger charge is -2.19. The van der Waals surface area contributed by atoms with Crippen LogP contribution in [-0.4, -0.2) is 18.2 Å². The minimum absolute atomic E-state index is 0.0534. The molecule has 0 radical (unpaired) electrons.